The second-order valence-corrected chi connectivity index (χ2v) is 5.13. The molecule has 14 heavy (non-hydrogen) atoms. The van der Waals surface area contributed by atoms with Gasteiger partial charge in [0.05, 0.1) is 12.7 Å². The summed E-state index contributed by atoms with van der Waals surface area (Å²) in [7, 11) is 0. The zero-order valence-electron chi connectivity index (χ0n) is 8.60. The van der Waals surface area contributed by atoms with E-state index in [4.69, 9.17) is 4.74 Å². The number of aliphatic hydroxyl groups excluding tert-OH is 1. The van der Waals surface area contributed by atoms with Crippen LogP contribution in [0.3, 0.4) is 0 Å². The molecule has 78 valence electrons. The van der Waals surface area contributed by atoms with Gasteiger partial charge in [0.25, 0.3) is 0 Å². The Labute approximate surface area is 85.0 Å². The molecule has 1 saturated carbocycles. The Morgan fingerprint density at radius 1 is 1.43 bits per heavy atom. The van der Waals surface area contributed by atoms with Crippen molar-refractivity contribution in [3.8, 4) is 0 Å². The van der Waals surface area contributed by atoms with Gasteiger partial charge in [-0.1, -0.05) is 19.1 Å². The third-order valence-corrected chi connectivity index (χ3v) is 4.60. The molecule has 1 heterocycles. The topological polar surface area (TPSA) is 29.5 Å². The highest BCUT2D eigenvalue weighted by molar-refractivity contribution is 5.13. The molecule has 2 bridgehead atoms. The van der Waals surface area contributed by atoms with Gasteiger partial charge in [0.2, 0.25) is 0 Å². The third kappa shape index (κ3) is 1.04. The van der Waals surface area contributed by atoms with Gasteiger partial charge >= 0.3 is 0 Å². The molecule has 0 unspecified atom stereocenters. The second kappa shape index (κ2) is 3.07. The molecule has 2 heteroatoms. The van der Waals surface area contributed by atoms with E-state index in [1.807, 2.05) is 0 Å². The van der Waals surface area contributed by atoms with E-state index in [-0.39, 0.29) is 0 Å². The molecule has 0 aromatic rings. The Kier molecular flexibility index (Phi) is 1.96. The molecular formula is C12H18O2. The maximum atomic E-state index is 9.37. The van der Waals surface area contributed by atoms with Gasteiger partial charge < -0.3 is 9.84 Å². The molecular weight excluding hydrogens is 176 g/mol. The van der Waals surface area contributed by atoms with Gasteiger partial charge in [-0.15, -0.1) is 0 Å². The fourth-order valence-electron chi connectivity index (χ4n) is 3.75. The molecule has 2 nitrogen and oxygen atoms in total. The van der Waals surface area contributed by atoms with Gasteiger partial charge in [0.15, 0.2) is 0 Å². The Morgan fingerprint density at radius 3 is 3.07 bits per heavy atom. The molecule has 1 N–H and O–H groups in total. The summed E-state index contributed by atoms with van der Waals surface area (Å²) < 4.78 is 5.79. The van der Waals surface area contributed by atoms with Gasteiger partial charge in [-0.05, 0) is 36.0 Å². The average molecular weight is 194 g/mol. The first-order valence-electron chi connectivity index (χ1n) is 5.72. The number of ether oxygens (including phenoxy) is 1. The zero-order valence-corrected chi connectivity index (χ0v) is 8.60. The number of hydrogen-bond acceptors (Lipinski definition) is 2. The predicted molar refractivity (Wildman–Crippen MR) is 53.7 cm³/mol. The van der Waals surface area contributed by atoms with Crippen LogP contribution in [0.1, 0.15) is 13.3 Å². The third-order valence-electron chi connectivity index (χ3n) is 4.60. The fraction of sp³-hybridized carbons (Fsp3) is 0.833. The normalized spacial score (nSPS) is 55.0. The van der Waals surface area contributed by atoms with E-state index in [0.717, 1.165) is 18.9 Å². The average Bonchev–Trinajstić information content (AvgIpc) is 2.62. The lowest BCUT2D eigenvalue weighted by Gasteiger charge is -2.44. The highest BCUT2D eigenvalue weighted by Gasteiger charge is 2.50. The monoisotopic (exact) mass is 194 g/mol. The van der Waals surface area contributed by atoms with Gasteiger partial charge in [-0.2, -0.15) is 0 Å². The van der Waals surface area contributed by atoms with Gasteiger partial charge in [-0.25, -0.2) is 0 Å². The molecule has 0 aromatic carbocycles. The van der Waals surface area contributed by atoms with E-state index in [0.29, 0.717) is 36.4 Å². The molecule has 1 saturated heterocycles. The van der Waals surface area contributed by atoms with E-state index in [2.05, 4.69) is 19.1 Å². The molecule has 0 aromatic heterocycles. The van der Waals surface area contributed by atoms with Crippen molar-refractivity contribution in [2.75, 3.05) is 13.2 Å². The van der Waals surface area contributed by atoms with Crippen molar-refractivity contribution in [2.45, 2.75) is 19.4 Å². The minimum absolute atomic E-state index is 0.342. The summed E-state index contributed by atoms with van der Waals surface area (Å²) >= 11 is 0. The Morgan fingerprint density at radius 2 is 2.29 bits per heavy atom. The maximum absolute atomic E-state index is 9.37. The van der Waals surface area contributed by atoms with Crippen molar-refractivity contribution >= 4 is 0 Å². The summed E-state index contributed by atoms with van der Waals surface area (Å²) in [6.07, 6.45) is 6.07. The van der Waals surface area contributed by atoms with E-state index >= 15 is 0 Å². The van der Waals surface area contributed by atoms with Crippen LogP contribution in [0.15, 0.2) is 12.2 Å². The number of allylic oxidation sites excluding steroid dienone is 1. The Balaban J connectivity index is 1.96. The van der Waals surface area contributed by atoms with Crippen molar-refractivity contribution in [3.05, 3.63) is 12.2 Å². The quantitative estimate of drug-likeness (QED) is 0.640. The molecule has 0 amide bonds. The lowest BCUT2D eigenvalue weighted by molar-refractivity contribution is 0.0434. The summed E-state index contributed by atoms with van der Waals surface area (Å²) in [5.74, 6) is 3.21. The van der Waals surface area contributed by atoms with Crippen LogP contribution in [0.25, 0.3) is 0 Å². The van der Waals surface area contributed by atoms with Gasteiger partial charge in [0.1, 0.15) is 0 Å². The van der Waals surface area contributed by atoms with Crippen LogP contribution in [-0.4, -0.2) is 24.4 Å². The van der Waals surface area contributed by atoms with Crippen LogP contribution in [0, 0.1) is 29.6 Å². The predicted octanol–water partition coefficient (Wildman–Crippen LogP) is 1.45. The molecule has 3 aliphatic rings. The molecule has 0 spiro atoms. The molecule has 3 rings (SSSR count). The smallest absolute Gasteiger partial charge is 0.0790 e. The summed E-state index contributed by atoms with van der Waals surface area (Å²) in [5, 5.41) is 9.37. The summed E-state index contributed by atoms with van der Waals surface area (Å²) in [6, 6.07) is 0. The lowest BCUT2D eigenvalue weighted by Crippen LogP contribution is -2.43. The highest BCUT2D eigenvalue weighted by atomic mass is 16.5. The molecule has 0 radical (unpaired) electrons. The van der Waals surface area contributed by atoms with Gasteiger partial charge in [0, 0.05) is 6.61 Å². The largest absolute Gasteiger partial charge is 0.396 e. The summed E-state index contributed by atoms with van der Waals surface area (Å²) in [4.78, 5) is 0. The molecule has 1 aliphatic heterocycles. The van der Waals surface area contributed by atoms with E-state index in [1.165, 1.54) is 0 Å². The second-order valence-electron chi connectivity index (χ2n) is 5.13. The first-order valence-corrected chi connectivity index (χ1v) is 5.72. The first-order chi connectivity index (χ1) is 6.81. The number of hydrogen-bond donors (Lipinski definition) is 1. The van der Waals surface area contributed by atoms with Crippen LogP contribution in [0.5, 0.6) is 0 Å². The molecule has 2 aliphatic carbocycles. The van der Waals surface area contributed by atoms with Crippen molar-refractivity contribution in [3.63, 3.8) is 0 Å². The zero-order chi connectivity index (χ0) is 9.71. The summed E-state index contributed by atoms with van der Waals surface area (Å²) in [6.45, 7) is 3.55. The van der Waals surface area contributed by atoms with Crippen molar-refractivity contribution in [1.82, 2.24) is 0 Å². The van der Waals surface area contributed by atoms with E-state index in [9.17, 15) is 5.11 Å². The van der Waals surface area contributed by atoms with Crippen LogP contribution >= 0.6 is 0 Å². The SMILES string of the molecule is C[C@@H]1[C@H]2[C@@H]3CO[C@H]2C=C[C@H]1C[C@@H]3CO. The minimum Gasteiger partial charge on any atom is -0.396 e. The van der Waals surface area contributed by atoms with Crippen LogP contribution in [0.2, 0.25) is 0 Å². The standard InChI is InChI=1S/C12H18O2/c1-7-8-2-3-11-12(7)10(6-14-11)9(4-8)5-13/h2-3,7-13H,4-6H2,1H3/t7-,8-,9+,10+,11-,12-/m0/s1. The molecule has 2 fully saturated rings. The number of fused-ring (bicyclic) bond motifs is 1. The Bertz CT molecular complexity index is 261. The van der Waals surface area contributed by atoms with Crippen molar-refractivity contribution in [2.24, 2.45) is 29.6 Å². The van der Waals surface area contributed by atoms with E-state index < -0.39 is 0 Å². The first kappa shape index (κ1) is 8.93. The van der Waals surface area contributed by atoms with Crippen LogP contribution < -0.4 is 0 Å². The van der Waals surface area contributed by atoms with Gasteiger partial charge in [-0.3, -0.25) is 0 Å². The minimum atomic E-state index is 0.342. The number of rotatable bonds is 1. The van der Waals surface area contributed by atoms with Crippen molar-refractivity contribution < 1.29 is 9.84 Å². The lowest BCUT2D eigenvalue weighted by atomic mass is 9.60. The Hall–Kier alpha value is -0.340. The number of aliphatic hydroxyl groups is 1. The summed E-state index contributed by atoms with van der Waals surface area (Å²) in [5.41, 5.74) is 0. The highest BCUT2D eigenvalue weighted by Crippen LogP contribution is 2.51. The molecule has 6 atom stereocenters. The fourth-order valence-corrected chi connectivity index (χ4v) is 3.75. The van der Waals surface area contributed by atoms with Crippen LogP contribution in [0.4, 0.5) is 0 Å². The van der Waals surface area contributed by atoms with E-state index in [1.54, 1.807) is 0 Å². The maximum Gasteiger partial charge on any atom is 0.0790 e. The van der Waals surface area contributed by atoms with Crippen molar-refractivity contribution in [1.29, 1.82) is 0 Å². The van der Waals surface area contributed by atoms with Crippen LogP contribution in [-0.2, 0) is 4.74 Å².